The lowest BCUT2D eigenvalue weighted by Gasteiger charge is -2.01. The van der Waals surface area contributed by atoms with E-state index < -0.39 is 0 Å². The maximum atomic E-state index is 5.99. The average molecular weight is 265 g/mol. The highest BCUT2D eigenvalue weighted by atomic mass is 35.5. The molecular formula is C13H13ClN2O2. The van der Waals surface area contributed by atoms with Gasteiger partial charge in [0.2, 0.25) is 0 Å². The van der Waals surface area contributed by atoms with E-state index in [1.54, 1.807) is 0 Å². The zero-order chi connectivity index (χ0) is 12.5. The number of hydrogen-bond acceptors (Lipinski definition) is 4. The number of hydrogen-bond donors (Lipinski definition) is 0. The largest absolute Gasteiger partial charge is 0.381 e. The minimum absolute atomic E-state index is 0.252. The normalized spacial score (nSPS) is 19.3. The Labute approximate surface area is 110 Å². The van der Waals surface area contributed by atoms with Gasteiger partial charge >= 0.3 is 0 Å². The van der Waals surface area contributed by atoms with Gasteiger partial charge in [0.15, 0.2) is 5.82 Å². The maximum Gasteiger partial charge on any atom is 0.258 e. The predicted molar refractivity (Wildman–Crippen MR) is 67.7 cm³/mol. The molecule has 0 bridgehead atoms. The first kappa shape index (κ1) is 11.7. The van der Waals surface area contributed by atoms with Crippen molar-refractivity contribution in [2.75, 3.05) is 13.2 Å². The van der Waals surface area contributed by atoms with E-state index >= 15 is 0 Å². The molecule has 0 amide bonds. The van der Waals surface area contributed by atoms with Crippen LogP contribution < -0.4 is 0 Å². The first-order chi connectivity index (χ1) is 8.74. The summed E-state index contributed by atoms with van der Waals surface area (Å²) >= 11 is 5.99. The SMILES string of the molecule is Cc1ccc(Cl)cc1-c1nc([C@@H]2CCOC2)no1. The number of benzene rings is 1. The molecule has 0 radical (unpaired) electrons. The molecule has 2 heterocycles. The molecule has 0 saturated carbocycles. The Hall–Kier alpha value is -1.39. The fraction of sp³-hybridized carbons (Fsp3) is 0.385. The molecule has 94 valence electrons. The van der Waals surface area contributed by atoms with E-state index in [2.05, 4.69) is 10.1 Å². The Bertz CT molecular complexity index is 562. The number of rotatable bonds is 2. The van der Waals surface area contributed by atoms with Gasteiger partial charge < -0.3 is 9.26 Å². The fourth-order valence-corrected chi connectivity index (χ4v) is 2.24. The zero-order valence-electron chi connectivity index (χ0n) is 10.0. The summed E-state index contributed by atoms with van der Waals surface area (Å²) in [5, 5.41) is 4.70. The lowest BCUT2D eigenvalue weighted by Crippen LogP contribution is -1.99. The third-order valence-electron chi connectivity index (χ3n) is 3.17. The van der Waals surface area contributed by atoms with Crippen LogP contribution >= 0.6 is 11.6 Å². The van der Waals surface area contributed by atoms with Crippen LogP contribution in [0.2, 0.25) is 5.02 Å². The Morgan fingerprint density at radius 2 is 2.28 bits per heavy atom. The average Bonchev–Trinajstić information content (AvgIpc) is 3.00. The van der Waals surface area contributed by atoms with E-state index in [1.165, 1.54) is 0 Å². The number of nitrogens with zero attached hydrogens (tertiary/aromatic N) is 2. The summed E-state index contributed by atoms with van der Waals surface area (Å²) in [6.07, 6.45) is 0.952. The number of aryl methyl sites for hydroxylation is 1. The van der Waals surface area contributed by atoms with E-state index in [-0.39, 0.29) is 5.92 Å². The Kier molecular flexibility index (Phi) is 3.06. The maximum absolute atomic E-state index is 5.99. The van der Waals surface area contributed by atoms with Gasteiger partial charge in [0.1, 0.15) is 0 Å². The molecule has 5 heteroatoms. The monoisotopic (exact) mass is 264 g/mol. The molecule has 1 fully saturated rings. The minimum Gasteiger partial charge on any atom is -0.381 e. The van der Waals surface area contributed by atoms with Crippen LogP contribution in [-0.4, -0.2) is 23.4 Å². The zero-order valence-corrected chi connectivity index (χ0v) is 10.8. The highest BCUT2D eigenvalue weighted by Gasteiger charge is 2.23. The number of ether oxygens (including phenoxy) is 1. The molecule has 1 saturated heterocycles. The van der Waals surface area contributed by atoms with Gasteiger partial charge in [-0.05, 0) is 31.0 Å². The first-order valence-corrected chi connectivity index (χ1v) is 6.30. The van der Waals surface area contributed by atoms with Crippen molar-refractivity contribution in [3.63, 3.8) is 0 Å². The van der Waals surface area contributed by atoms with Crippen LogP contribution in [0.3, 0.4) is 0 Å². The van der Waals surface area contributed by atoms with E-state index in [0.717, 1.165) is 30.0 Å². The second kappa shape index (κ2) is 4.71. The van der Waals surface area contributed by atoms with Crippen LogP contribution in [0.15, 0.2) is 22.7 Å². The number of halogens is 1. The number of aromatic nitrogens is 2. The molecule has 3 rings (SSSR count). The van der Waals surface area contributed by atoms with E-state index in [9.17, 15) is 0 Å². The molecular weight excluding hydrogens is 252 g/mol. The van der Waals surface area contributed by atoms with Crippen molar-refractivity contribution in [3.05, 3.63) is 34.6 Å². The molecule has 0 N–H and O–H groups in total. The topological polar surface area (TPSA) is 48.2 Å². The highest BCUT2D eigenvalue weighted by molar-refractivity contribution is 6.30. The summed E-state index contributed by atoms with van der Waals surface area (Å²) in [7, 11) is 0. The third-order valence-corrected chi connectivity index (χ3v) is 3.40. The fourth-order valence-electron chi connectivity index (χ4n) is 2.07. The van der Waals surface area contributed by atoms with E-state index in [0.29, 0.717) is 17.5 Å². The van der Waals surface area contributed by atoms with Gasteiger partial charge in [-0.3, -0.25) is 0 Å². The summed E-state index contributed by atoms with van der Waals surface area (Å²) in [5.74, 6) is 1.50. The molecule has 4 nitrogen and oxygen atoms in total. The van der Waals surface area contributed by atoms with Crippen molar-refractivity contribution in [1.82, 2.24) is 10.1 Å². The van der Waals surface area contributed by atoms with Crippen LogP contribution in [0.4, 0.5) is 0 Å². The lowest BCUT2D eigenvalue weighted by molar-refractivity contribution is 0.192. The van der Waals surface area contributed by atoms with Crippen molar-refractivity contribution in [2.24, 2.45) is 0 Å². The van der Waals surface area contributed by atoms with Gasteiger partial charge in [-0.1, -0.05) is 22.8 Å². The van der Waals surface area contributed by atoms with Crippen molar-refractivity contribution in [1.29, 1.82) is 0 Å². The molecule has 1 aliphatic heterocycles. The van der Waals surface area contributed by atoms with Gasteiger partial charge in [0, 0.05) is 23.1 Å². The summed E-state index contributed by atoms with van der Waals surface area (Å²) in [4.78, 5) is 4.45. The van der Waals surface area contributed by atoms with Crippen molar-refractivity contribution >= 4 is 11.6 Å². The smallest absolute Gasteiger partial charge is 0.258 e. The van der Waals surface area contributed by atoms with E-state index in [1.807, 2.05) is 25.1 Å². The van der Waals surface area contributed by atoms with Crippen molar-refractivity contribution in [3.8, 4) is 11.5 Å². The Morgan fingerprint density at radius 1 is 1.39 bits per heavy atom. The van der Waals surface area contributed by atoms with Crippen molar-refractivity contribution in [2.45, 2.75) is 19.3 Å². The highest BCUT2D eigenvalue weighted by Crippen LogP contribution is 2.28. The summed E-state index contributed by atoms with van der Waals surface area (Å²) in [6, 6.07) is 5.64. The quantitative estimate of drug-likeness (QED) is 0.836. The second-order valence-corrected chi connectivity index (χ2v) is 4.91. The van der Waals surface area contributed by atoms with Gasteiger partial charge in [-0.15, -0.1) is 0 Å². The van der Waals surface area contributed by atoms with Crippen LogP contribution in [-0.2, 0) is 4.74 Å². The lowest BCUT2D eigenvalue weighted by atomic mass is 10.1. The summed E-state index contributed by atoms with van der Waals surface area (Å²) < 4.78 is 10.7. The molecule has 0 unspecified atom stereocenters. The molecule has 1 aliphatic rings. The van der Waals surface area contributed by atoms with Gasteiger partial charge in [0.25, 0.3) is 5.89 Å². The first-order valence-electron chi connectivity index (χ1n) is 5.92. The van der Waals surface area contributed by atoms with Gasteiger partial charge in [-0.2, -0.15) is 4.98 Å². The molecule has 1 aromatic carbocycles. The molecule has 1 aromatic heterocycles. The summed E-state index contributed by atoms with van der Waals surface area (Å²) in [6.45, 7) is 3.44. The molecule has 0 aliphatic carbocycles. The Morgan fingerprint density at radius 3 is 3.06 bits per heavy atom. The second-order valence-electron chi connectivity index (χ2n) is 4.48. The van der Waals surface area contributed by atoms with Crippen LogP contribution in [0.5, 0.6) is 0 Å². The summed E-state index contributed by atoms with van der Waals surface area (Å²) in [5.41, 5.74) is 1.96. The van der Waals surface area contributed by atoms with Gasteiger partial charge in [0.05, 0.1) is 6.61 Å². The molecule has 18 heavy (non-hydrogen) atoms. The van der Waals surface area contributed by atoms with Crippen LogP contribution in [0.1, 0.15) is 23.7 Å². The predicted octanol–water partition coefficient (Wildman–Crippen LogP) is 3.20. The van der Waals surface area contributed by atoms with Crippen LogP contribution in [0.25, 0.3) is 11.5 Å². The van der Waals surface area contributed by atoms with Crippen molar-refractivity contribution < 1.29 is 9.26 Å². The van der Waals surface area contributed by atoms with E-state index in [4.69, 9.17) is 20.9 Å². The molecule has 0 spiro atoms. The standard InChI is InChI=1S/C13H13ClN2O2/c1-8-2-3-10(14)6-11(8)13-15-12(16-18-13)9-4-5-17-7-9/h2-3,6,9H,4-5,7H2,1H3/t9-/m1/s1. The third kappa shape index (κ3) is 2.13. The minimum atomic E-state index is 0.252. The molecule has 1 atom stereocenters. The van der Waals surface area contributed by atoms with Crippen LogP contribution in [0, 0.1) is 6.92 Å². The van der Waals surface area contributed by atoms with Gasteiger partial charge in [-0.25, -0.2) is 0 Å². The molecule has 2 aromatic rings. The Balaban J connectivity index is 1.94.